The summed E-state index contributed by atoms with van der Waals surface area (Å²) < 4.78 is 1.63. The monoisotopic (exact) mass is 278 g/mol. The quantitative estimate of drug-likeness (QED) is 0.764. The first-order chi connectivity index (χ1) is 10.2. The molecule has 0 aliphatic carbocycles. The van der Waals surface area contributed by atoms with Crippen molar-refractivity contribution in [2.75, 3.05) is 0 Å². The molecule has 0 amide bonds. The third kappa shape index (κ3) is 2.45. The minimum absolute atomic E-state index is 0.178. The van der Waals surface area contributed by atoms with Crippen molar-refractivity contribution in [2.24, 2.45) is 5.73 Å². The molecule has 0 unspecified atom stereocenters. The molecular weight excluding hydrogens is 264 g/mol. The van der Waals surface area contributed by atoms with Crippen LogP contribution in [0, 0.1) is 11.3 Å². The summed E-state index contributed by atoms with van der Waals surface area (Å²) in [4.78, 5) is 14.9. The number of nitrogens with one attached hydrogen (secondary N) is 1. The van der Waals surface area contributed by atoms with Gasteiger partial charge >= 0.3 is 5.69 Å². The number of nitrogens with zero attached hydrogens (tertiary/aromatic N) is 2. The van der Waals surface area contributed by atoms with E-state index < -0.39 is 0 Å². The van der Waals surface area contributed by atoms with Gasteiger partial charge in [0.15, 0.2) is 0 Å². The van der Waals surface area contributed by atoms with Crippen molar-refractivity contribution in [3.8, 4) is 6.07 Å². The Bertz CT molecular complexity index is 881. The standard InChI is InChI=1S/C16H14N4O/c17-8-11-1-3-12(4-2-11)10-20-15-7-13(9-18)5-6-14(15)19-16(20)21/h1-7H,8,10,17H2,(H,19,21). The molecule has 0 atom stereocenters. The van der Waals surface area contributed by atoms with Crippen LogP contribution < -0.4 is 11.4 Å². The van der Waals surface area contributed by atoms with Crippen LogP contribution in [-0.4, -0.2) is 9.55 Å². The van der Waals surface area contributed by atoms with Gasteiger partial charge in [-0.15, -0.1) is 0 Å². The summed E-state index contributed by atoms with van der Waals surface area (Å²) in [5.74, 6) is 0. The molecule has 0 aliphatic rings. The van der Waals surface area contributed by atoms with Crippen molar-refractivity contribution in [3.63, 3.8) is 0 Å². The molecule has 104 valence electrons. The van der Waals surface area contributed by atoms with Crippen LogP contribution in [0.3, 0.4) is 0 Å². The van der Waals surface area contributed by atoms with E-state index in [1.54, 1.807) is 22.8 Å². The number of fused-ring (bicyclic) bond motifs is 1. The van der Waals surface area contributed by atoms with E-state index in [-0.39, 0.29) is 5.69 Å². The van der Waals surface area contributed by atoms with Gasteiger partial charge in [-0.3, -0.25) is 4.57 Å². The van der Waals surface area contributed by atoms with Crippen LogP contribution in [-0.2, 0) is 13.1 Å². The zero-order chi connectivity index (χ0) is 14.8. The maximum atomic E-state index is 12.1. The van der Waals surface area contributed by atoms with E-state index >= 15 is 0 Å². The average Bonchev–Trinajstić information content (AvgIpc) is 2.83. The lowest BCUT2D eigenvalue weighted by Crippen LogP contribution is -2.17. The van der Waals surface area contributed by atoms with Gasteiger partial charge in [-0.2, -0.15) is 5.26 Å². The molecule has 0 fully saturated rings. The number of aromatic nitrogens is 2. The Morgan fingerprint density at radius 2 is 1.86 bits per heavy atom. The highest BCUT2D eigenvalue weighted by atomic mass is 16.1. The number of H-pyrrole nitrogens is 1. The van der Waals surface area contributed by atoms with E-state index in [2.05, 4.69) is 11.1 Å². The van der Waals surface area contributed by atoms with E-state index in [4.69, 9.17) is 11.0 Å². The maximum Gasteiger partial charge on any atom is 0.326 e. The topological polar surface area (TPSA) is 87.6 Å². The van der Waals surface area contributed by atoms with Crippen molar-refractivity contribution in [1.82, 2.24) is 9.55 Å². The highest BCUT2D eigenvalue weighted by Gasteiger charge is 2.08. The molecule has 0 spiro atoms. The van der Waals surface area contributed by atoms with Gasteiger partial charge in [0.05, 0.1) is 29.2 Å². The third-order valence-electron chi connectivity index (χ3n) is 3.50. The normalized spacial score (nSPS) is 10.7. The molecule has 5 heteroatoms. The Morgan fingerprint density at radius 1 is 1.14 bits per heavy atom. The van der Waals surface area contributed by atoms with Crippen LogP contribution >= 0.6 is 0 Å². The molecule has 3 rings (SSSR count). The molecular formula is C16H14N4O. The number of hydrogen-bond acceptors (Lipinski definition) is 3. The Morgan fingerprint density at radius 3 is 2.52 bits per heavy atom. The van der Waals surface area contributed by atoms with Crippen molar-refractivity contribution >= 4 is 11.0 Å². The fourth-order valence-corrected chi connectivity index (χ4v) is 2.34. The van der Waals surface area contributed by atoms with Crippen molar-refractivity contribution in [3.05, 3.63) is 69.6 Å². The number of aromatic amines is 1. The molecule has 0 bridgehead atoms. The van der Waals surface area contributed by atoms with Crippen LogP contribution in [0.4, 0.5) is 0 Å². The van der Waals surface area contributed by atoms with E-state index in [9.17, 15) is 4.79 Å². The summed E-state index contributed by atoms with van der Waals surface area (Å²) in [6.45, 7) is 0.956. The summed E-state index contributed by atoms with van der Waals surface area (Å²) in [5, 5.41) is 8.98. The number of nitriles is 1. The Labute approximate surface area is 121 Å². The SMILES string of the molecule is N#Cc1ccc2[nH]c(=O)n(Cc3ccc(CN)cc3)c2c1. The predicted octanol–water partition coefficient (Wildman–Crippen LogP) is 1.71. The second-order valence-corrected chi connectivity index (χ2v) is 4.88. The molecule has 0 aliphatic heterocycles. The fourth-order valence-electron chi connectivity index (χ4n) is 2.34. The molecule has 21 heavy (non-hydrogen) atoms. The zero-order valence-corrected chi connectivity index (χ0v) is 11.3. The molecule has 1 aromatic heterocycles. The van der Waals surface area contributed by atoms with E-state index in [1.807, 2.05) is 24.3 Å². The first kappa shape index (κ1) is 13.2. The second-order valence-electron chi connectivity index (χ2n) is 4.88. The lowest BCUT2D eigenvalue weighted by molar-refractivity contribution is 0.786. The minimum Gasteiger partial charge on any atom is -0.326 e. The molecule has 2 aromatic carbocycles. The van der Waals surface area contributed by atoms with Gasteiger partial charge in [-0.1, -0.05) is 24.3 Å². The average molecular weight is 278 g/mol. The van der Waals surface area contributed by atoms with E-state index in [0.717, 1.165) is 22.2 Å². The van der Waals surface area contributed by atoms with Crippen LogP contribution in [0.2, 0.25) is 0 Å². The summed E-state index contributed by atoms with van der Waals surface area (Å²) in [7, 11) is 0. The van der Waals surface area contributed by atoms with Gasteiger partial charge in [0.1, 0.15) is 0 Å². The number of rotatable bonds is 3. The van der Waals surface area contributed by atoms with Crippen LogP contribution in [0.15, 0.2) is 47.3 Å². The molecule has 3 N–H and O–H groups in total. The fraction of sp³-hybridized carbons (Fsp3) is 0.125. The minimum atomic E-state index is -0.178. The smallest absolute Gasteiger partial charge is 0.326 e. The van der Waals surface area contributed by atoms with Crippen molar-refractivity contribution in [2.45, 2.75) is 13.1 Å². The molecule has 5 nitrogen and oxygen atoms in total. The van der Waals surface area contributed by atoms with Gasteiger partial charge in [0, 0.05) is 6.54 Å². The lowest BCUT2D eigenvalue weighted by atomic mass is 10.1. The highest BCUT2D eigenvalue weighted by molar-refractivity contribution is 5.77. The lowest BCUT2D eigenvalue weighted by Gasteiger charge is -2.05. The predicted molar refractivity (Wildman–Crippen MR) is 80.7 cm³/mol. The van der Waals surface area contributed by atoms with Gasteiger partial charge in [-0.05, 0) is 29.3 Å². The second kappa shape index (κ2) is 5.27. The van der Waals surface area contributed by atoms with Gasteiger partial charge in [0.25, 0.3) is 0 Å². The number of hydrogen-bond donors (Lipinski definition) is 2. The number of nitrogens with two attached hydrogens (primary N) is 1. The van der Waals surface area contributed by atoms with Crippen LogP contribution in [0.1, 0.15) is 16.7 Å². The largest absolute Gasteiger partial charge is 0.326 e. The maximum absolute atomic E-state index is 12.1. The molecule has 0 saturated heterocycles. The van der Waals surface area contributed by atoms with Gasteiger partial charge < -0.3 is 10.7 Å². The van der Waals surface area contributed by atoms with Crippen LogP contribution in [0.5, 0.6) is 0 Å². The number of imidazole rings is 1. The zero-order valence-electron chi connectivity index (χ0n) is 11.3. The molecule has 3 aromatic rings. The van der Waals surface area contributed by atoms with Crippen molar-refractivity contribution < 1.29 is 0 Å². The Kier molecular flexibility index (Phi) is 3.30. The highest BCUT2D eigenvalue weighted by Crippen LogP contribution is 2.14. The Hall–Kier alpha value is -2.84. The summed E-state index contributed by atoms with van der Waals surface area (Å²) >= 11 is 0. The van der Waals surface area contributed by atoms with E-state index in [0.29, 0.717) is 18.7 Å². The summed E-state index contributed by atoms with van der Waals surface area (Å²) in [5.41, 5.74) is 9.47. The first-order valence-corrected chi connectivity index (χ1v) is 6.62. The molecule has 1 heterocycles. The van der Waals surface area contributed by atoms with Gasteiger partial charge in [0.2, 0.25) is 0 Å². The summed E-state index contributed by atoms with van der Waals surface area (Å²) in [6.07, 6.45) is 0. The third-order valence-corrected chi connectivity index (χ3v) is 3.50. The first-order valence-electron chi connectivity index (χ1n) is 6.62. The Balaban J connectivity index is 2.04. The summed E-state index contributed by atoms with van der Waals surface area (Å²) in [6, 6.07) is 15.1. The molecule has 0 saturated carbocycles. The van der Waals surface area contributed by atoms with E-state index in [1.165, 1.54) is 0 Å². The van der Waals surface area contributed by atoms with Crippen LogP contribution in [0.25, 0.3) is 11.0 Å². The number of benzene rings is 2. The van der Waals surface area contributed by atoms with Gasteiger partial charge in [-0.25, -0.2) is 4.79 Å². The van der Waals surface area contributed by atoms with Crippen molar-refractivity contribution in [1.29, 1.82) is 5.26 Å². The molecule has 0 radical (unpaired) electrons.